The third kappa shape index (κ3) is 9.31. The summed E-state index contributed by atoms with van der Waals surface area (Å²) in [6.45, 7) is 6.50. The highest BCUT2D eigenvalue weighted by Crippen LogP contribution is 2.38. The minimum Gasteiger partial charge on any atom is -0.379 e. The fourth-order valence-corrected chi connectivity index (χ4v) is 11.2. The molecule has 0 radical (unpaired) electrons. The maximum Gasteiger partial charge on any atom is 0.418 e. The van der Waals surface area contributed by atoms with Gasteiger partial charge in [0.15, 0.2) is 0 Å². The molecule has 0 saturated carbocycles. The van der Waals surface area contributed by atoms with E-state index < -0.39 is 34.8 Å². The van der Waals surface area contributed by atoms with E-state index in [1.807, 2.05) is 66.2 Å². The quantitative estimate of drug-likeness (QED) is 0.171. The van der Waals surface area contributed by atoms with Gasteiger partial charge >= 0.3 is 11.9 Å². The smallest absolute Gasteiger partial charge is 0.379 e. The van der Waals surface area contributed by atoms with Crippen molar-refractivity contribution >= 4 is 34.8 Å². The number of halogens is 3. The molecule has 11 rings (SSSR count). The number of carbonyl (C=O) groups excluding carboxylic acids is 4. The molecule has 4 amide bonds. The first-order valence-corrected chi connectivity index (χ1v) is 24.8. The van der Waals surface area contributed by atoms with Gasteiger partial charge in [0.1, 0.15) is 18.2 Å². The number of amides is 4. The number of rotatable bonds is 12. The minimum atomic E-state index is -4.71. The van der Waals surface area contributed by atoms with Gasteiger partial charge in [0.2, 0.25) is 11.8 Å². The number of nitrogens with zero attached hydrogens (tertiary/aromatic N) is 10. The van der Waals surface area contributed by atoms with Crippen LogP contribution in [0.1, 0.15) is 80.0 Å². The summed E-state index contributed by atoms with van der Waals surface area (Å²) < 4.78 is 54.0. The topological polar surface area (TPSA) is 163 Å². The summed E-state index contributed by atoms with van der Waals surface area (Å²) in [5.41, 5.74) is 3.76. The molecule has 6 aromatic rings. The summed E-state index contributed by atoms with van der Waals surface area (Å²) >= 11 is 0. The van der Waals surface area contributed by atoms with Crippen LogP contribution in [0.25, 0.3) is 11.2 Å². The first-order chi connectivity index (χ1) is 35.1. The molecule has 5 aliphatic rings. The number of ether oxygens (including phenoxy) is 1. The molecule has 8 heterocycles. The maximum absolute atomic E-state index is 14.7. The molecule has 3 aromatic carbocycles. The highest BCUT2D eigenvalue weighted by atomic mass is 19.4. The van der Waals surface area contributed by atoms with Gasteiger partial charge in [-0.1, -0.05) is 24.3 Å². The third-order valence-electron chi connectivity index (χ3n) is 15.6. The van der Waals surface area contributed by atoms with Crippen LogP contribution in [0.5, 0.6) is 0 Å². The number of hydrogen-bond acceptors (Lipinski definition) is 11. The van der Waals surface area contributed by atoms with Crippen LogP contribution in [-0.2, 0) is 59.0 Å². The molecule has 0 aliphatic carbocycles. The van der Waals surface area contributed by atoms with Crippen LogP contribution in [0.3, 0.4) is 0 Å². The van der Waals surface area contributed by atoms with Crippen molar-refractivity contribution < 1.29 is 37.1 Å². The number of benzene rings is 3. The molecule has 4 saturated heterocycles. The Balaban J connectivity index is 0.681. The van der Waals surface area contributed by atoms with Gasteiger partial charge in [-0.3, -0.25) is 43.3 Å². The summed E-state index contributed by atoms with van der Waals surface area (Å²) in [6, 6.07) is 21.3. The molecule has 4 fully saturated rings. The normalized spacial score (nSPS) is 19.8. The number of pyridine rings is 1. The predicted molar refractivity (Wildman–Crippen MR) is 262 cm³/mol. The number of fused-ring (bicyclic) bond motifs is 2. The lowest BCUT2D eigenvalue weighted by Crippen LogP contribution is -2.52. The third-order valence-corrected chi connectivity index (χ3v) is 15.6. The monoisotopic (exact) mass is 999 g/mol. The van der Waals surface area contributed by atoms with E-state index in [0.717, 1.165) is 71.4 Å². The number of hydrogen-bond donors (Lipinski definition) is 1. The SMILES string of the molecule is CN(C(=O)c1ccc(CN2CCN(c3ccc4c(c3)CN([C@@H]3CCC(=O)NC3=O)C4=O)CC2)cc1)C1CCN(Cc2cc(C(F)(F)F)c3cn(-c4cccc(C5(Cc6nncn6C)COC5)c4)c(=O)n3c2)CC1. The molecule has 0 unspecified atom stereocenters. The van der Waals surface area contributed by atoms with Crippen LogP contribution >= 0.6 is 0 Å². The Morgan fingerprint density at radius 1 is 0.849 bits per heavy atom. The average molecular weight is 1000 g/mol. The number of imide groups is 1. The number of likely N-dealkylation sites (tertiary alicyclic amines) is 1. The zero-order chi connectivity index (χ0) is 50.8. The second-order valence-electron chi connectivity index (χ2n) is 20.3. The number of aryl methyl sites for hydroxylation is 1. The van der Waals surface area contributed by atoms with Gasteiger partial charge < -0.3 is 24.0 Å². The lowest BCUT2D eigenvalue weighted by atomic mass is 9.75. The standard InChI is InChI=1S/C53H56F3N11O6/c1-60-33-57-59-46(60)25-52(31-73-32-52)38-4-3-5-41(24-38)65-30-45-43(53(54,55)56)22-35(28-67(45)51(65)72)27-62-16-14-39(15-17-62)61(2)49(70)36-8-6-34(7-9-36)26-63-18-20-64(21-19-63)40-10-11-42-37(23-40)29-66(50(42)71)44-12-13-47(68)58-48(44)69/h3-11,22-24,28,30,33,39,44H,12-21,25-27,29,31-32H2,1-2H3,(H,58,68,69)/t44-/m1/s1. The van der Waals surface area contributed by atoms with Crippen molar-refractivity contribution in [2.24, 2.45) is 7.05 Å². The van der Waals surface area contributed by atoms with Gasteiger partial charge in [0.25, 0.3) is 11.8 Å². The lowest BCUT2D eigenvalue weighted by molar-refractivity contribution is -0.137. The van der Waals surface area contributed by atoms with Gasteiger partial charge in [-0.05, 0) is 90.0 Å². The van der Waals surface area contributed by atoms with Gasteiger partial charge in [-0.15, -0.1) is 10.2 Å². The van der Waals surface area contributed by atoms with E-state index in [2.05, 4.69) is 30.2 Å². The van der Waals surface area contributed by atoms with Crippen LogP contribution in [0.15, 0.2) is 96.3 Å². The Morgan fingerprint density at radius 3 is 2.27 bits per heavy atom. The number of aromatic nitrogens is 5. The molecule has 0 bridgehead atoms. The zero-order valence-electron chi connectivity index (χ0n) is 40.7. The zero-order valence-corrected chi connectivity index (χ0v) is 40.7. The van der Waals surface area contributed by atoms with E-state index in [1.165, 1.54) is 17.0 Å². The molecule has 0 spiro atoms. The average Bonchev–Trinajstić information content (AvgIpc) is 4.05. The van der Waals surface area contributed by atoms with Crippen molar-refractivity contribution in [1.29, 1.82) is 0 Å². The van der Waals surface area contributed by atoms with Crippen molar-refractivity contribution in [1.82, 2.24) is 48.6 Å². The number of alkyl halides is 3. The van der Waals surface area contributed by atoms with E-state index in [4.69, 9.17) is 4.74 Å². The molecule has 73 heavy (non-hydrogen) atoms. The van der Waals surface area contributed by atoms with E-state index in [0.29, 0.717) is 80.9 Å². The van der Waals surface area contributed by atoms with E-state index in [1.54, 1.807) is 35.3 Å². The van der Waals surface area contributed by atoms with Gasteiger partial charge in [-0.25, -0.2) is 4.79 Å². The molecule has 20 heteroatoms. The van der Waals surface area contributed by atoms with Crippen molar-refractivity contribution in [2.45, 2.75) is 75.4 Å². The van der Waals surface area contributed by atoms with Crippen LogP contribution < -0.4 is 15.9 Å². The van der Waals surface area contributed by atoms with Crippen molar-refractivity contribution in [2.75, 3.05) is 64.4 Å². The summed E-state index contributed by atoms with van der Waals surface area (Å²) in [7, 11) is 3.67. The van der Waals surface area contributed by atoms with Crippen molar-refractivity contribution in [3.8, 4) is 5.69 Å². The molecule has 3 aromatic heterocycles. The largest absolute Gasteiger partial charge is 0.418 e. The molecule has 5 aliphatic heterocycles. The number of anilines is 1. The number of imidazole rings is 1. The number of nitrogens with one attached hydrogen (secondary N) is 1. The molecular formula is C53H56F3N11O6. The van der Waals surface area contributed by atoms with Crippen LogP contribution in [0.2, 0.25) is 0 Å². The Kier molecular flexibility index (Phi) is 12.5. The first kappa shape index (κ1) is 48.1. The van der Waals surface area contributed by atoms with E-state index in [9.17, 15) is 37.1 Å². The Labute approximate surface area is 418 Å². The molecular weight excluding hydrogens is 944 g/mol. The predicted octanol–water partition coefficient (Wildman–Crippen LogP) is 4.57. The number of carbonyl (C=O) groups is 4. The first-order valence-electron chi connectivity index (χ1n) is 24.8. The number of piperazine rings is 1. The molecule has 1 N–H and O–H groups in total. The van der Waals surface area contributed by atoms with Crippen molar-refractivity contribution in [3.05, 3.63) is 147 Å². The van der Waals surface area contributed by atoms with Crippen LogP contribution in [0, 0.1) is 0 Å². The Bertz CT molecular complexity index is 3180. The summed E-state index contributed by atoms with van der Waals surface area (Å²) in [6.07, 6.45) is 2.06. The second kappa shape index (κ2) is 19.0. The molecule has 17 nitrogen and oxygen atoms in total. The lowest BCUT2D eigenvalue weighted by Gasteiger charge is -2.41. The van der Waals surface area contributed by atoms with E-state index in [-0.39, 0.29) is 42.2 Å². The van der Waals surface area contributed by atoms with Crippen LogP contribution in [-0.4, -0.2) is 139 Å². The van der Waals surface area contributed by atoms with Crippen LogP contribution in [0.4, 0.5) is 18.9 Å². The van der Waals surface area contributed by atoms with Gasteiger partial charge in [0.05, 0.1) is 30.0 Å². The second-order valence-corrected chi connectivity index (χ2v) is 20.3. The summed E-state index contributed by atoms with van der Waals surface area (Å²) in [5.74, 6) is -0.234. The molecule has 380 valence electrons. The number of piperidine rings is 2. The molecule has 1 atom stereocenters. The highest BCUT2D eigenvalue weighted by Gasteiger charge is 2.43. The minimum absolute atomic E-state index is 0.0539. The van der Waals surface area contributed by atoms with Gasteiger partial charge in [-0.2, -0.15) is 13.2 Å². The van der Waals surface area contributed by atoms with Crippen molar-refractivity contribution in [3.63, 3.8) is 0 Å². The Hall–Kier alpha value is -7.16. The van der Waals surface area contributed by atoms with Gasteiger partial charge in [0, 0.05) is 127 Å². The summed E-state index contributed by atoms with van der Waals surface area (Å²) in [5, 5.41) is 10.6. The highest BCUT2D eigenvalue weighted by molar-refractivity contribution is 6.05. The fourth-order valence-electron chi connectivity index (χ4n) is 11.2. The maximum atomic E-state index is 14.7. The summed E-state index contributed by atoms with van der Waals surface area (Å²) in [4.78, 5) is 75.2. The van der Waals surface area contributed by atoms with E-state index >= 15 is 0 Å². The fraction of sp³-hybridized carbons (Fsp3) is 0.415. The Morgan fingerprint density at radius 2 is 1.59 bits per heavy atom.